The van der Waals surface area contributed by atoms with Crippen LogP contribution in [0.3, 0.4) is 0 Å². The molecule has 2 aromatic carbocycles. The monoisotopic (exact) mass is 479 g/mol. The van der Waals surface area contributed by atoms with Gasteiger partial charge >= 0.3 is 12.0 Å². The number of carbonyl (C=O) groups excluding carboxylic acids is 3. The van der Waals surface area contributed by atoms with Gasteiger partial charge in [0.15, 0.2) is 6.61 Å². The molecule has 32 heavy (non-hydrogen) atoms. The molecule has 0 unspecified atom stereocenters. The number of esters is 1. The van der Waals surface area contributed by atoms with Gasteiger partial charge in [0.05, 0.1) is 22.7 Å². The number of amides is 3. The van der Waals surface area contributed by atoms with Crippen LogP contribution in [0.5, 0.6) is 0 Å². The fraction of sp³-hybridized carbons (Fsp3) is 0.190. The van der Waals surface area contributed by atoms with Crippen molar-refractivity contribution in [1.82, 2.24) is 10.6 Å². The van der Waals surface area contributed by atoms with Crippen LogP contribution in [0, 0.1) is 0 Å². The molecule has 0 aliphatic heterocycles. The van der Waals surface area contributed by atoms with Crippen molar-refractivity contribution < 1.29 is 27.5 Å². The number of benzene rings is 2. The normalized spacial score (nSPS) is 10.7. The van der Waals surface area contributed by atoms with Gasteiger partial charge in [0.2, 0.25) is 0 Å². The summed E-state index contributed by atoms with van der Waals surface area (Å²) in [6, 6.07) is 10.7. The van der Waals surface area contributed by atoms with Crippen LogP contribution < -0.4 is 14.9 Å². The summed E-state index contributed by atoms with van der Waals surface area (Å²) in [5.74, 6) is -1.75. The molecule has 0 bridgehead atoms. The fourth-order valence-electron chi connectivity index (χ4n) is 2.56. The molecule has 11 heteroatoms. The Labute approximate surface area is 191 Å². The average molecular weight is 480 g/mol. The van der Waals surface area contributed by atoms with Gasteiger partial charge in [-0.1, -0.05) is 23.7 Å². The summed E-state index contributed by atoms with van der Waals surface area (Å²) in [4.78, 5) is 35.1. The number of hydrogen-bond acceptors (Lipinski definition) is 6. The van der Waals surface area contributed by atoms with Crippen molar-refractivity contribution in [3.05, 3.63) is 71.8 Å². The number of hydrogen-bond donors (Lipinski definition) is 2. The molecule has 9 nitrogen and oxygen atoms in total. The first-order chi connectivity index (χ1) is 15.2. The van der Waals surface area contributed by atoms with Crippen LogP contribution in [0.25, 0.3) is 0 Å². The third kappa shape index (κ3) is 6.56. The van der Waals surface area contributed by atoms with E-state index in [1.807, 2.05) is 5.32 Å². The van der Waals surface area contributed by atoms with Gasteiger partial charge in [-0.25, -0.2) is 18.0 Å². The zero-order valence-electron chi connectivity index (χ0n) is 17.2. The van der Waals surface area contributed by atoms with E-state index >= 15 is 0 Å². The van der Waals surface area contributed by atoms with Gasteiger partial charge in [-0.2, -0.15) is 0 Å². The summed E-state index contributed by atoms with van der Waals surface area (Å²) in [6.45, 7) is 4.87. The summed E-state index contributed by atoms with van der Waals surface area (Å²) < 4.78 is 32.4. The third-order valence-electron chi connectivity index (χ3n) is 3.99. The molecule has 3 amide bonds. The zero-order chi connectivity index (χ0) is 23.7. The second-order valence-electron chi connectivity index (χ2n) is 6.31. The van der Waals surface area contributed by atoms with Gasteiger partial charge in [0, 0.05) is 11.6 Å². The Hall–Kier alpha value is -3.37. The summed E-state index contributed by atoms with van der Waals surface area (Å²) in [6.07, 6.45) is 1.43. The molecule has 0 aliphatic carbocycles. The van der Waals surface area contributed by atoms with Gasteiger partial charge in [0.1, 0.15) is 0 Å². The molecule has 0 saturated heterocycles. The van der Waals surface area contributed by atoms with Crippen LogP contribution in [-0.2, 0) is 19.6 Å². The standard InChI is InChI=1S/C21H22ClN3O6S/c1-3-12-25(17-10-8-16(22)9-11-17)32(29,30)18-7-5-6-15(13-18)20(27)31-14-19(26)24-21(28)23-4-2/h3,5-11,13H,1,4,12,14H2,2H3,(H2,23,24,26,28). The second-order valence-corrected chi connectivity index (χ2v) is 8.61. The van der Waals surface area contributed by atoms with Crippen LogP contribution in [-0.4, -0.2) is 46.0 Å². The maximum absolute atomic E-state index is 13.2. The van der Waals surface area contributed by atoms with Crippen molar-refractivity contribution in [2.24, 2.45) is 0 Å². The molecule has 0 fully saturated rings. The van der Waals surface area contributed by atoms with E-state index in [0.717, 1.165) is 10.4 Å². The summed E-state index contributed by atoms with van der Waals surface area (Å²) in [5.41, 5.74) is 0.288. The fourth-order valence-corrected chi connectivity index (χ4v) is 4.17. The molecule has 0 heterocycles. The lowest BCUT2D eigenvalue weighted by Crippen LogP contribution is -2.41. The van der Waals surface area contributed by atoms with E-state index in [9.17, 15) is 22.8 Å². The highest BCUT2D eigenvalue weighted by Crippen LogP contribution is 2.25. The second kappa shape index (κ2) is 11.3. The molecule has 2 rings (SSSR count). The lowest BCUT2D eigenvalue weighted by molar-refractivity contribution is -0.123. The van der Waals surface area contributed by atoms with Gasteiger partial charge in [-0.05, 0) is 49.4 Å². The SMILES string of the molecule is C=CCN(c1ccc(Cl)cc1)S(=O)(=O)c1cccc(C(=O)OCC(=O)NC(=O)NCC)c1. The lowest BCUT2D eigenvalue weighted by Gasteiger charge is -2.23. The van der Waals surface area contributed by atoms with E-state index in [4.69, 9.17) is 16.3 Å². The first kappa shape index (κ1) is 24.9. The van der Waals surface area contributed by atoms with Crippen molar-refractivity contribution in [1.29, 1.82) is 0 Å². The number of carbonyl (C=O) groups is 3. The number of nitrogens with one attached hydrogen (secondary N) is 2. The largest absolute Gasteiger partial charge is 0.452 e. The molecular formula is C21H22ClN3O6S. The number of urea groups is 1. The highest BCUT2D eigenvalue weighted by molar-refractivity contribution is 7.92. The number of anilines is 1. The molecule has 0 spiro atoms. The first-order valence-electron chi connectivity index (χ1n) is 9.43. The Morgan fingerprint density at radius 1 is 1.16 bits per heavy atom. The Morgan fingerprint density at radius 3 is 2.47 bits per heavy atom. The molecule has 0 saturated carbocycles. The quantitative estimate of drug-likeness (QED) is 0.421. The van der Waals surface area contributed by atoms with Crippen molar-refractivity contribution in [3.8, 4) is 0 Å². The topological polar surface area (TPSA) is 122 Å². The Kier molecular flexibility index (Phi) is 8.80. The van der Waals surface area contributed by atoms with Crippen LogP contribution in [0.4, 0.5) is 10.5 Å². The van der Waals surface area contributed by atoms with Crippen LogP contribution in [0.2, 0.25) is 5.02 Å². The minimum absolute atomic E-state index is 0.0152. The van der Waals surface area contributed by atoms with Gasteiger partial charge < -0.3 is 10.1 Å². The molecule has 0 aromatic heterocycles. The van der Waals surface area contributed by atoms with Crippen molar-refractivity contribution >= 4 is 45.2 Å². The van der Waals surface area contributed by atoms with Crippen LogP contribution >= 0.6 is 11.6 Å². The lowest BCUT2D eigenvalue weighted by atomic mass is 10.2. The minimum atomic E-state index is -4.06. The smallest absolute Gasteiger partial charge is 0.338 e. The predicted molar refractivity (Wildman–Crippen MR) is 120 cm³/mol. The first-order valence-corrected chi connectivity index (χ1v) is 11.2. The maximum Gasteiger partial charge on any atom is 0.338 e. The van der Waals surface area contributed by atoms with Crippen molar-refractivity contribution in [2.45, 2.75) is 11.8 Å². The number of sulfonamides is 1. The number of halogens is 1. The van der Waals surface area contributed by atoms with E-state index in [1.165, 1.54) is 24.3 Å². The zero-order valence-corrected chi connectivity index (χ0v) is 18.8. The number of rotatable bonds is 9. The van der Waals surface area contributed by atoms with Crippen LogP contribution in [0.15, 0.2) is 66.1 Å². The average Bonchev–Trinajstić information content (AvgIpc) is 2.76. The summed E-state index contributed by atoms with van der Waals surface area (Å²) in [5, 5.41) is 4.80. The predicted octanol–water partition coefficient (Wildman–Crippen LogP) is 2.72. The summed E-state index contributed by atoms with van der Waals surface area (Å²) >= 11 is 5.89. The van der Waals surface area contributed by atoms with Crippen molar-refractivity contribution in [2.75, 3.05) is 24.0 Å². The number of ether oxygens (including phenoxy) is 1. The summed E-state index contributed by atoms with van der Waals surface area (Å²) in [7, 11) is -4.06. The molecular weight excluding hydrogens is 458 g/mol. The van der Waals surface area contributed by atoms with E-state index in [2.05, 4.69) is 11.9 Å². The van der Waals surface area contributed by atoms with E-state index in [1.54, 1.807) is 31.2 Å². The van der Waals surface area contributed by atoms with Gasteiger partial charge in [-0.3, -0.25) is 14.4 Å². The molecule has 0 radical (unpaired) electrons. The van der Waals surface area contributed by atoms with Gasteiger partial charge in [0.25, 0.3) is 15.9 Å². The Balaban J connectivity index is 2.20. The van der Waals surface area contributed by atoms with E-state index < -0.39 is 34.5 Å². The van der Waals surface area contributed by atoms with Crippen LogP contribution in [0.1, 0.15) is 17.3 Å². The highest BCUT2D eigenvalue weighted by atomic mass is 35.5. The molecule has 0 aliphatic rings. The minimum Gasteiger partial charge on any atom is -0.452 e. The van der Waals surface area contributed by atoms with E-state index in [0.29, 0.717) is 17.3 Å². The Morgan fingerprint density at radius 2 is 1.84 bits per heavy atom. The number of imide groups is 1. The molecule has 0 atom stereocenters. The maximum atomic E-state index is 13.2. The molecule has 2 N–H and O–H groups in total. The highest BCUT2D eigenvalue weighted by Gasteiger charge is 2.25. The van der Waals surface area contributed by atoms with Crippen molar-refractivity contribution in [3.63, 3.8) is 0 Å². The van der Waals surface area contributed by atoms with Gasteiger partial charge in [-0.15, -0.1) is 6.58 Å². The van der Waals surface area contributed by atoms with E-state index in [-0.39, 0.29) is 17.0 Å². The molecule has 2 aromatic rings. The third-order valence-corrected chi connectivity index (χ3v) is 6.03. The Bertz CT molecular complexity index is 1100. The molecule has 170 valence electrons. The number of nitrogens with zero attached hydrogens (tertiary/aromatic N) is 1.